The van der Waals surface area contributed by atoms with Crippen LogP contribution in [0.4, 0.5) is 4.79 Å². The van der Waals surface area contributed by atoms with Crippen LogP contribution in [0.25, 0.3) is 0 Å². The van der Waals surface area contributed by atoms with Crippen molar-refractivity contribution in [3.8, 4) is 0 Å². The largest absolute Gasteiger partial charge is 0.460 e. The number of esters is 2. The van der Waals surface area contributed by atoms with Gasteiger partial charge in [-0.3, -0.25) is 19.4 Å². The van der Waals surface area contributed by atoms with Crippen molar-refractivity contribution in [1.29, 1.82) is 0 Å². The molecule has 0 unspecified atom stereocenters. The lowest BCUT2D eigenvalue weighted by Crippen LogP contribution is -2.53. The zero-order chi connectivity index (χ0) is 39.8. The molecule has 0 bridgehead atoms. The molecule has 0 saturated heterocycles. The molecule has 0 saturated carbocycles. The van der Waals surface area contributed by atoms with E-state index < -0.39 is 52.8 Å². The zero-order valence-electron chi connectivity index (χ0n) is 33.1. The molecule has 1 aliphatic heterocycles. The van der Waals surface area contributed by atoms with Gasteiger partial charge in [-0.2, -0.15) is 0 Å². The highest BCUT2D eigenvalue weighted by Crippen LogP contribution is 2.32. The monoisotopic (exact) mass is 796 g/mol. The minimum Gasteiger partial charge on any atom is -0.460 e. The normalized spacial score (nSPS) is 17.3. The van der Waals surface area contributed by atoms with Crippen LogP contribution in [0.1, 0.15) is 131 Å². The highest BCUT2D eigenvalue weighted by molar-refractivity contribution is 8.14. The molecule has 0 radical (unpaired) electrons. The van der Waals surface area contributed by atoms with Crippen molar-refractivity contribution in [3.05, 3.63) is 28.2 Å². The highest BCUT2D eigenvalue weighted by Gasteiger charge is 2.41. The number of amides is 2. The third kappa shape index (κ3) is 18.3. The van der Waals surface area contributed by atoms with Gasteiger partial charge in [0.05, 0.1) is 13.0 Å². The average molecular weight is 797 g/mol. The summed E-state index contributed by atoms with van der Waals surface area (Å²) in [6.07, 6.45) is 8.36. The number of allylic oxidation sites excluding steroid dienone is 1. The second-order valence-corrected chi connectivity index (χ2v) is 18.6. The molecule has 0 fully saturated rings. The van der Waals surface area contributed by atoms with E-state index in [-0.39, 0.29) is 24.0 Å². The van der Waals surface area contributed by atoms with Gasteiger partial charge in [-0.15, -0.1) is 23.1 Å². The maximum Gasteiger partial charge on any atom is 0.408 e. The van der Waals surface area contributed by atoms with Gasteiger partial charge in [-0.05, 0) is 73.3 Å². The maximum atomic E-state index is 13.7. The van der Waals surface area contributed by atoms with Crippen molar-refractivity contribution < 1.29 is 38.2 Å². The molecular weight excluding hydrogens is 737 g/mol. The molecule has 2 N–H and O–H groups in total. The van der Waals surface area contributed by atoms with Crippen LogP contribution < -0.4 is 10.6 Å². The van der Waals surface area contributed by atoms with E-state index in [1.165, 1.54) is 41.3 Å². The Labute approximate surface area is 328 Å². The Balaban J connectivity index is 2.05. The van der Waals surface area contributed by atoms with Crippen molar-refractivity contribution >= 4 is 69.0 Å². The first-order valence-corrected chi connectivity index (χ1v) is 21.3. The lowest BCUT2D eigenvalue weighted by Gasteiger charge is -2.27. The van der Waals surface area contributed by atoms with E-state index in [1.54, 1.807) is 74.5 Å². The average Bonchev–Trinajstić information content (AvgIpc) is 3.67. The molecule has 2 amide bonds. The first-order valence-electron chi connectivity index (χ1n) is 18.4. The molecular formula is C38H60N4O8S3. The molecule has 53 heavy (non-hydrogen) atoms. The minimum absolute atomic E-state index is 0.164. The van der Waals surface area contributed by atoms with E-state index in [9.17, 15) is 24.0 Å². The first kappa shape index (κ1) is 46.2. The fourth-order valence-electron chi connectivity index (χ4n) is 4.84. The first-order chi connectivity index (χ1) is 24.7. The van der Waals surface area contributed by atoms with Crippen LogP contribution in [-0.2, 0) is 39.9 Å². The SMILES string of the molecule is CCCCCCCC(=O)SCC/C=C/[C@H](CC(=O)OC(C)(C)C)OC(=O)[C@@H](NC(=O)[C@]1(C)CSC(c2csc(CNC(=O)OC(C)(C)C)n2)=N1)C(C)C. The molecule has 1 aliphatic rings. The summed E-state index contributed by atoms with van der Waals surface area (Å²) in [4.78, 5) is 73.5. The van der Waals surface area contributed by atoms with Crippen LogP contribution in [0.5, 0.6) is 0 Å². The van der Waals surface area contributed by atoms with Crippen molar-refractivity contribution in [2.45, 2.75) is 156 Å². The number of carbonyl (C=O) groups excluding carboxylic acids is 5. The van der Waals surface area contributed by atoms with Gasteiger partial charge in [0.25, 0.3) is 0 Å². The second kappa shape index (κ2) is 21.8. The summed E-state index contributed by atoms with van der Waals surface area (Å²) in [6.45, 7) is 18.3. The predicted octanol–water partition coefficient (Wildman–Crippen LogP) is 7.77. The number of carbonyl (C=O) groups is 5. The Bertz CT molecular complexity index is 1450. The Morgan fingerprint density at radius 2 is 1.70 bits per heavy atom. The molecule has 298 valence electrons. The summed E-state index contributed by atoms with van der Waals surface area (Å²) >= 11 is 4.03. The summed E-state index contributed by atoms with van der Waals surface area (Å²) < 4.78 is 16.6. The molecule has 0 spiro atoms. The number of nitrogens with zero attached hydrogens (tertiary/aromatic N) is 2. The highest BCUT2D eigenvalue weighted by atomic mass is 32.2. The second-order valence-electron chi connectivity index (χ2n) is 15.5. The van der Waals surface area contributed by atoms with Crippen LogP contribution in [0.3, 0.4) is 0 Å². The van der Waals surface area contributed by atoms with Gasteiger partial charge in [0.15, 0.2) is 5.12 Å². The number of rotatable bonds is 20. The molecule has 1 aromatic heterocycles. The minimum atomic E-state index is -1.17. The van der Waals surface area contributed by atoms with E-state index in [4.69, 9.17) is 19.2 Å². The number of thioether (sulfide) groups is 2. The van der Waals surface area contributed by atoms with Crippen LogP contribution in [-0.4, -0.2) is 79.5 Å². The lowest BCUT2D eigenvalue weighted by molar-refractivity contribution is -0.161. The quantitative estimate of drug-likeness (QED) is 0.0574. The summed E-state index contributed by atoms with van der Waals surface area (Å²) in [5.74, 6) is -1.07. The van der Waals surface area contributed by atoms with E-state index in [2.05, 4.69) is 22.5 Å². The van der Waals surface area contributed by atoms with E-state index in [1.807, 2.05) is 5.38 Å². The van der Waals surface area contributed by atoms with Gasteiger partial charge in [0, 0.05) is 23.3 Å². The Morgan fingerprint density at radius 1 is 1.02 bits per heavy atom. The van der Waals surface area contributed by atoms with Gasteiger partial charge in [-0.25, -0.2) is 14.6 Å². The number of thiazole rings is 1. The Morgan fingerprint density at radius 3 is 2.34 bits per heavy atom. The van der Waals surface area contributed by atoms with Crippen molar-refractivity contribution in [2.75, 3.05) is 11.5 Å². The van der Waals surface area contributed by atoms with Gasteiger partial charge in [0.1, 0.15) is 44.6 Å². The number of hydrogen-bond donors (Lipinski definition) is 2. The molecule has 0 aliphatic carbocycles. The fraction of sp³-hybridized carbons (Fsp3) is 0.711. The lowest BCUT2D eigenvalue weighted by atomic mass is 10.0. The number of aliphatic imine (C=N–C) groups is 1. The van der Waals surface area contributed by atoms with Gasteiger partial charge >= 0.3 is 18.0 Å². The van der Waals surface area contributed by atoms with Crippen LogP contribution in [0, 0.1) is 5.92 Å². The number of unbranched alkanes of at least 4 members (excludes halogenated alkanes) is 4. The molecule has 15 heteroatoms. The smallest absolute Gasteiger partial charge is 0.408 e. The number of ether oxygens (including phenoxy) is 3. The van der Waals surface area contributed by atoms with E-state index in [0.717, 1.165) is 25.7 Å². The summed E-state index contributed by atoms with van der Waals surface area (Å²) in [6, 6.07) is -1.01. The number of aromatic nitrogens is 1. The van der Waals surface area contributed by atoms with Crippen molar-refractivity contribution in [2.24, 2.45) is 10.9 Å². The summed E-state index contributed by atoms with van der Waals surface area (Å²) in [5.41, 5.74) is -1.91. The van der Waals surface area contributed by atoms with Crippen LogP contribution >= 0.6 is 34.9 Å². The fourth-order valence-corrected chi connectivity index (χ4v) is 7.54. The third-order valence-electron chi connectivity index (χ3n) is 7.53. The molecule has 12 nitrogen and oxygen atoms in total. The molecule has 0 aromatic carbocycles. The number of alkyl carbamates (subject to hydrolysis) is 1. The molecule has 1 aromatic rings. The zero-order valence-corrected chi connectivity index (χ0v) is 35.6. The van der Waals surface area contributed by atoms with Crippen molar-refractivity contribution in [3.63, 3.8) is 0 Å². The summed E-state index contributed by atoms with van der Waals surface area (Å²) in [5, 5.41) is 8.76. The van der Waals surface area contributed by atoms with Crippen LogP contribution in [0.15, 0.2) is 22.5 Å². The van der Waals surface area contributed by atoms with E-state index >= 15 is 0 Å². The summed E-state index contributed by atoms with van der Waals surface area (Å²) in [7, 11) is 0. The maximum absolute atomic E-state index is 13.7. The number of nitrogens with one attached hydrogen (secondary N) is 2. The number of hydrogen-bond acceptors (Lipinski definition) is 13. The van der Waals surface area contributed by atoms with Gasteiger partial charge < -0.3 is 24.8 Å². The Kier molecular flexibility index (Phi) is 19.1. The molecule has 2 rings (SSSR count). The topological polar surface area (TPSA) is 162 Å². The Hall–Kier alpha value is -2.91. The third-order valence-corrected chi connectivity index (χ3v) is 10.6. The van der Waals surface area contributed by atoms with Crippen LogP contribution in [0.2, 0.25) is 0 Å². The van der Waals surface area contributed by atoms with Gasteiger partial charge in [0.2, 0.25) is 5.91 Å². The molecule has 2 heterocycles. The van der Waals surface area contributed by atoms with E-state index in [0.29, 0.717) is 40.1 Å². The predicted molar refractivity (Wildman–Crippen MR) is 214 cm³/mol. The molecule has 3 atom stereocenters. The van der Waals surface area contributed by atoms with Crippen molar-refractivity contribution in [1.82, 2.24) is 15.6 Å². The van der Waals surface area contributed by atoms with Gasteiger partial charge in [-0.1, -0.05) is 64.3 Å². The standard InChI is InChI=1S/C38H60N4O8S3/c1-11-12-13-14-15-19-30(44)51-20-17-16-18-26(21-29(43)49-36(4,5)6)48-33(45)31(25(2)3)41-34(46)38(10)24-53-32(42-38)27-23-52-28(40-27)22-39-35(47)50-37(7,8)9/h16,18,23,25-26,31H,11-15,17,19-22,24H2,1-10H3,(H,39,47)(H,41,46)/b18-16+/t26-,31+,38+/m1/s1.